The molecule has 0 radical (unpaired) electrons. The lowest BCUT2D eigenvalue weighted by Crippen LogP contribution is -2.11. The molecule has 0 aromatic carbocycles. The number of anilines is 1. The van der Waals surface area contributed by atoms with E-state index >= 15 is 0 Å². The Kier molecular flexibility index (Phi) is 3.34. The second-order valence-corrected chi connectivity index (χ2v) is 4.47. The summed E-state index contributed by atoms with van der Waals surface area (Å²) in [4.78, 5) is 19.0. The SMILES string of the molecule is C/C(=N\Nc1nc(C)cc(=O)[nH]1)c1cccs1. The van der Waals surface area contributed by atoms with Crippen molar-refractivity contribution >= 4 is 23.0 Å². The molecule has 0 fully saturated rings. The van der Waals surface area contributed by atoms with Crippen molar-refractivity contribution in [1.82, 2.24) is 9.97 Å². The molecule has 0 spiro atoms. The van der Waals surface area contributed by atoms with Crippen LogP contribution in [-0.2, 0) is 0 Å². The second-order valence-electron chi connectivity index (χ2n) is 3.52. The van der Waals surface area contributed by atoms with E-state index in [-0.39, 0.29) is 5.56 Å². The monoisotopic (exact) mass is 248 g/mol. The molecule has 5 nitrogen and oxygen atoms in total. The van der Waals surface area contributed by atoms with Crippen LogP contribution in [0.25, 0.3) is 0 Å². The first-order valence-corrected chi connectivity index (χ1v) is 5.95. The first kappa shape index (κ1) is 11.5. The maximum absolute atomic E-state index is 11.2. The zero-order chi connectivity index (χ0) is 12.3. The van der Waals surface area contributed by atoms with Gasteiger partial charge in [-0.1, -0.05) is 6.07 Å². The van der Waals surface area contributed by atoms with Gasteiger partial charge in [0, 0.05) is 16.6 Å². The van der Waals surface area contributed by atoms with E-state index in [1.165, 1.54) is 6.07 Å². The Morgan fingerprint density at radius 3 is 3.06 bits per heavy atom. The topological polar surface area (TPSA) is 70.1 Å². The number of H-pyrrole nitrogens is 1. The molecule has 0 amide bonds. The molecule has 6 heteroatoms. The van der Waals surface area contributed by atoms with Gasteiger partial charge in [0.05, 0.1) is 5.71 Å². The third-order valence-electron chi connectivity index (χ3n) is 2.08. The maximum atomic E-state index is 11.2. The number of nitrogens with one attached hydrogen (secondary N) is 2. The van der Waals surface area contributed by atoms with Gasteiger partial charge in [0.15, 0.2) is 0 Å². The fourth-order valence-electron chi connectivity index (χ4n) is 1.31. The first-order valence-electron chi connectivity index (χ1n) is 5.07. The average Bonchev–Trinajstić information content (AvgIpc) is 2.78. The molecule has 0 aliphatic heterocycles. The molecule has 0 bridgehead atoms. The predicted octanol–water partition coefficient (Wildman–Crippen LogP) is 1.98. The number of nitrogens with zero attached hydrogens (tertiary/aromatic N) is 2. The Morgan fingerprint density at radius 2 is 2.41 bits per heavy atom. The smallest absolute Gasteiger partial charge is 0.252 e. The van der Waals surface area contributed by atoms with Gasteiger partial charge in [0.2, 0.25) is 5.95 Å². The van der Waals surface area contributed by atoms with Crippen LogP contribution >= 0.6 is 11.3 Å². The van der Waals surface area contributed by atoms with E-state index in [2.05, 4.69) is 20.5 Å². The lowest BCUT2D eigenvalue weighted by atomic mass is 10.3. The van der Waals surface area contributed by atoms with Crippen molar-refractivity contribution in [3.05, 3.63) is 44.5 Å². The third-order valence-corrected chi connectivity index (χ3v) is 3.06. The van der Waals surface area contributed by atoms with Crippen LogP contribution in [0.15, 0.2) is 33.5 Å². The molecule has 2 aromatic heterocycles. The van der Waals surface area contributed by atoms with Crippen LogP contribution in [0.1, 0.15) is 17.5 Å². The van der Waals surface area contributed by atoms with Gasteiger partial charge in [0.1, 0.15) is 0 Å². The number of aromatic amines is 1. The Bertz CT molecular complexity index is 586. The number of hydrazone groups is 1. The van der Waals surface area contributed by atoms with Crippen LogP contribution in [0.3, 0.4) is 0 Å². The summed E-state index contributed by atoms with van der Waals surface area (Å²) in [6.45, 7) is 3.66. The van der Waals surface area contributed by atoms with Gasteiger partial charge in [-0.05, 0) is 25.3 Å². The molecule has 0 unspecified atom stereocenters. The molecular weight excluding hydrogens is 236 g/mol. The van der Waals surface area contributed by atoms with Gasteiger partial charge in [-0.3, -0.25) is 9.78 Å². The standard InChI is InChI=1S/C11H12N4OS/c1-7-6-10(16)13-11(12-7)15-14-8(2)9-4-3-5-17-9/h3-6H,1-2H3,(H2,12,13,15,16)/b14-8+. The van der Waals surface area contributed by atoms with Crippen LogP contribution in [0, 0.1) is 6.92 Å². The molecule has 2 rings (SSSR count). The van der Waals surface area contributed by atoms with Gasteiger partial charge < -0.3 is 0 Å². The van der Waals surface area contributed by atoms with Crippen molar-refractivity contribution in [3.8, 4) is 0 Å². The van der Waals surface area contributed by atoms with Crippen LogP contribution in [0.2, 0.25) is 0 Å². The quantitative estimate of drug-likeness (QED) is 0.644. The van der Waals surface area contributed by atoms with E-state index in [4.69, 9.17) is 0 Å². The highest BCUT2D eigenvalue weighted by atomic mass is 32.1. The maximum Gasteiger partial charge on any atom is 0.252 e. The lowest BCUT2D eigenvalue weighted by molar-refractivity contribution is 1.04. The van der Waals surface area contributed by atoms with Crippen LogP contribution in [-0.4, -0.2) is 15.7 Å². The summed E-state index contributed by atoms with van der Waals surface area (Å²) in [5.74, 6) is 0.353. The molecule has 0 atom stereocenters. The number of aryl methyl sites for hydroxylation is 1. The number of hydrogen-bond donors (Lipinski definition) is 2. The van der Waals surface area contributed by atoms with Gasteiger partial charge in [-0.2, -0.15) is 5.10 Å². The van der Waals surface area contributed by atoms with E-state index in [9.17, 15) is 4.79 Å². The molecule has 0 saturated carbocycles. The molecule has 0 saturated heterocycles. The normalized spacial score (nSPS) is 11.5. The highest BCUT2D eigenvalue weighted by Crippen LogP contribution is 2.09. The molecule has 2 heterocycles. The zero-order valence-corrected chi connectivity index (χ0v) is 10.3. The predicted molar refractivity (Wildman–Crippen MR) is 69.7 cm³/mol. The van der Waals surface area contributed by atoms with Crippen molar-refractivity contribution < 1.29 is 0 Å². The Labute approximate surface area is 102 Å². The fraction of sp³-hybridized carbons (Fsp3) is 0.182. The molecular formula is C11H12N4OS. The summed E-state index contributed by atoms with van der Waals surface area (Å²) in [5.41, 5.74) is 4.06. The number of aromatic nitrogens is 2. The summed E-state index contributed by atoms with van der Waals surface area (Å²) in [5, 5.41) is 6.15. The summed E-state index contributed by atoms with van der Waals surface area (Å²) in [7, 11) is 0. The summed E-state index contributed by atoms with van der Waals surface area (Å²) in [6, 6.07) is 5.38. The van der Waals surface area contributed by atoms with Gasteiger partial charge in [-0.25, -0.2) is 10.4 Å². The molecule has 2 aromatic rings. The average molecular weight is 248 g/mol. The van der Waals surface area contributed by atoms with Gasteiger partial charge >= 0.3 is 0 Å². The minimum Gasteiger partial charge on any atom is -0.291 e. The number of thiophene rings is 1. The van der Waals surface area contributed by atoms with Crippen molar-refractivity contribution in [2.24, 2.45) is 5.10 Å². The largest absolute Gasteiger partial charge is 0.291 e. The fourth-order valence-corrected chi connectivity index (χ4v) is 1.99. The van der Waals surface area contributed by atoms with Crippen LogP contribution < -0.4 is 11.0 Å². The van der Waals surface area contributed by atoms with Crippen molar-refractivity contribution in [3.63, 3.8) is 0 Å². The van der Waals surface area contributed by atoms with E-state index in [1.54, 1.807) is 18.3 Å². The van der Waals surface area contributed by atoms with E-state index in [0.717, 1.165) is 10.6 Å². The van der Waals surface area contributed by atoms with E-state index in [1.807, 2.05) is 24.4 Å². The molecule has 0 aliphatic rings. The molecule has 0 aliphatic carbocycles. The molecule has 17 heavy (non-hydrogen) atoms. The Balaban J connectivity index is 2.17. The van der Waals surface area contributed by atoms with Gasteiger partial charge in [-0.15, -0.1) is 11.3 Å². The minimum atomic E-state index is -0.191. The summed E-state index contributed by atoms with van der Waals surface area (Å²) < 4.78 is 0. The third kappa shape index (κ3) is 3.01. The Morgan fingerprint density at radius 1 is 1.59 bits per heavy atom. The summed E-state index contributed by atoms with van der Waals surface area (Å²) in [6.07, 6.45) is 0. The highest BCUT2D eigenvalue weighted by Gasteiger charge is 1.99. The number of rotatable bonds is 3. The van der Waals surface area contributed by atoms with Crippen LogP contribution in [0.5, 0.6) is 0 Å². The Hall–Kier alpha value is -1.95. The van der Waals surface area contributed by atoms with Gasteiger partial charge in [0.25, 0.3) is 5.56 Å². The van der Waals surface area contributed by atoms with Crippen LogP contribution in [0.4, 0.5) is 5.95 Å². The van der Waals surface area contributed by atoms with Crippen molar-refractivity contribution in [1.29, 1.82) is 0 Å². The zero-order valence-electron chi connectivity index (χ0n) is 9.52. The van der Waals surface area contributed by atoms with Crippen molar-refractivity contribution in [2.75, 3.05) is 5.43 Å². The lowest BCUT2D eigenvalue weighted by Gasteiger charge is -2.01. The first-order chi connectivity index (χ1) is 8.15. The van der Waals surface area contributed by atoms with E-state index < -0.39 is 0 Å². The second kappa shape index (κ2) is 4.92. The molecule has 88 valence electrons. The highest BCUT2D eigenvalue weighted by molar-refractivity contribution is 7.12. The molecule has 2 N–H and O–H groups in total. The number of hydrogen-bond acceptors (Lipinski definition) is 5. The van der Waals surface area contributed by atoms with Crippen molar-refractivity contribution in [2.45, 2.75) is 13.8 Å². The summed E-state index contributed by atoms with van der Waals surface area (Å²) >= 11 is 1.61. The van der Waals surface area contributed by atoms with E-state index in [0.29, 0.717) is 11.6 Å². The minimum absolute atomic E-state index is 0.191.